The Balaban J connectivity index is 1.51. The van der Waals surface area contributed by atoms with E-state index < -0.39 is 46.5 Å². The molecule has 234 valence electrons. The Labute approximate surface area is 251 Å². The van der Waals surface area contributed by atoms with Crippen LogP contribution in [0.5, 0.6) is 0 Å². The van der Waals surface area contributed by atoms with Crippen LogP contribution in [0, 0.1) is 5.92 Å². The van der Waals surface area contributed by atoms with Crippen molar-refractivity contribution in [2.45, 2.75) is 44.5 Å². The summed E-state index contributed by atoms with van der Waals surface area (Å²) in [5.41, 5.74) is 2.24. The molecule has 2 fully saturated rings. The van der Waals surface area contributed by atoms with Crippen molar-refractivity contribution in [1.29, 1.82) is 0 Å². The smallest absolute Gasteiger partial charge is 0.295 e. The number of aryl methyl sites for hydroxylation is 1. The standard InChI is InChI=1S/C28H31F3N8O4S/c1-37-14-32-13-21(37)15-7-8-18(20(10-15)38(2)44(3,41)42)33-19-12-22(35-28(40)16-11-17(16)29)34-26-24(19)36-27(25(30)31)39(26)23-6-4-5-9-43-23/h7-8,10,12-14,16-17,23,25H,4-6,9,11H2,1-3H3,(H2,33,34,35,40). The van der Waals surface area contributed by atoms with Gasteiger partial charge in [-0.2, -0.15) is 0 Å². The van der Waals surface area contributed by atoms with Crippen molar-refractivity contribution in [2.75, 3.05) is 34.8 Å². The lowest BCUT2D eigenvalue weighted by molar-refractivity contribution is -0.117. The normalized spacial score (nSPS) is 20.2. The molecule has 1 amide bonds. The largest absolute Gasteiger partial charge is 0.358 e. The van der Waals surface area contributed by atoms with Gasteiger partial charge in [0.05, 0.1) is 47.5 Å². The number of anilines is 4. The third-order valence-electron chi connectivity index (χ3n) is 7.83. The van der Waals surface area contributed by atoms with Crippen LogP contribution in [0.15, 0.2) is 36.8 Å². The molecule has 0 spiro atoms. The van der Waals surface area contributed by atoms with Gasteiger partial charge < -0.3 is 19.9 Å². The Morgan fingerprint density at radius 3 is 2.57 bits per heavy atom. The van der Waals surface area contributed by atoms with E-state index in [-0.39, 0.29) is 34.8 Å². The van der Waals surface area contributed by atoms with E-state index in [1.807, 2.05) is 0 Å². The van der Waals surface area contributed by atoms with Crippen molar-refractivity contribution in [1.82, 2.24) is 24.1 Å². The number of ether oxygens (including phenoxy) is 1. The second-order valence-electron chi connectivity index (χ2n) is 11.0. The fraction of sp³-hybridized carbons (Fsp3) is 0.429. The number of fused-ring (bicyclic) bond motifs is 1. The van der Waals surface area contributed by atoms with Gasteiger partial charge in [-0.25, -0.2) is 36.5 Å². The molecule has 3 unspecified atom stereocenters. The molecule has 0 bridgehead atoms. The number of hydrogen-bond donors (Lipinski definition) is 2. The molecule has 3 aromatic heterocycles. The molecule has 1 saturated carbocycles. The van der Waals surface area contributed by atoms with E-state index in [0.717, 1.165) is 29.1 Å². The van der Waals surface area contributed by atoms with E-state index >= 15 is 0 Å². The number of aromatic nitrogens is 5. The molecule has 1 aliphatic heterocycles. The molecule has 2 N–H and O–H groups in total. The first-order valence-corrected chi connectivity index (χ1v) is 15.9. The molecule has 44 heavy (non-hydrogen) atoms. The van der Waals surface area contributed by atoms with Gasteiger partial charge in [-0.05, 0) is 37.8 Å². The third-order valence-corrected chi connectivity index (χ3v) is 9.02. The SMILES string of the molecule is CN(c1cc(-c2cncn2C)ccc1Nc1cc(NC(=O)C2CC2F)nc2c1nc(C(F)F)n2C1CCCCO1)S(C)(=O)=O. The van der Waals surface area contributed by atoms with Gasteiger partial charge in [0.2, 0.25) is 15.9 Å². The predicted molar refractivity (Wildman–Crippen MR) is 158 cm³/mol. The van der Waals surface area contributed by atoms with Gasteiger partial charge in [0, 0.05) is 32.3 Å². The van der Waals surface area contributed by atoms with E-state index in [4.69, 9.17) is 4.74 Å². The van der Waals surface area contributed by atoms with Gasteiger partial charge in [-0.15, -0.1) is 0 Å². The zero-order valence-corrected chi connectivity index (χ0v) is 25.0. The summed E-state index contributed by atoms with van der Waals surface area (Å²) in [4.78, 5) is 25.5. The lowest BCUT2D eigenvalue weighted by Crippen LogP contribution is -2.25. The highest BCUT2D eigenvalue weighted by Gasteiger charge is 2.44. The lowest BCUT2D eigenvalue weighted by atomic mass is 10.1. The summed E-state index contributed by atoms with van der Waals surface area (Å²) < 4.78 is 77.7. The molecule has 16 heteroatoms. The van der Waals surface area contributed by atoms with Crippen LogP contribution in [0.25, 0.3) is 22.4 Å². The summed E-state index contributed by atoms with van der Waals surface area (Å²) in [5, 5.41) is 5.75. The molecule has 2 aliphatic rings. The number of pyridine rings is 1. The molecule has 0 radical (unpaired) electrons. The van der Waals surface area contributed by atoms with Crippen molar-refractivity contribution < 1.29 is 31.1 Å². The number of nitrogens with one attached hydrogen (secondary N) is 2. The number of hydrogen-bond acceptors (Lipinski definition) is 8. The van der Waals surface area contributed by atoms with Crippen molar-refractivity contribution in [3.05, 3.63) is 42.6 Å². The fourth-order valence-electron chi connectivity index (χ4n) is 5.28. The number of carbonyl (C=O) groups excluding carboxylic acids is 1. The zero-order chi connectivity index (χ0) is 31.3. The maximum Gasteiger partial charge on any atom is 0.295 e. The van der Waals surface area contributed by atoms with E-state index in [1.165, 1.54) is 17.7 Å². The Morgan fingerprint density at radius 2 is 1.95 bits per heavy atom. The number of imidazole rings is 2. The molecule has 1 saturated heterocycles. The minimum absolute atomic E-state index is 0.00796. The summed E-state index contributed by atoms with van der Waals surface area (Å²) >= 11 is 0. The van der Waals surface area contributed by atoms with Crippen LogP contribution in [-0.4, -0.2) is 64.5 Å². The molecule has 1 aliphatic carbocycles. The highest BCUT2D eigenvalue weighted by Crippen LogP contribution is 2.40. The molecular weight excluding hydrogens is 601 g/mol. The Hall–Kier alpha value is -4.18. The average molecular weight is 633 g/mol. The third kappa shape index (κ3) is 5.70. The second kappa shape index (κ2) is 11.4. The molecular formula is C28H31F3N8O4S. The monoisotopic (exact) mass is 632 g/mol. The second-order valence-corrected chi connectivity index (χ2v) is 13.0. The highest BCUT2D eigenvalue weighted by molar-refractivity contribution is 7.92. The zero-order valence-electron chi connectivity index (χ0n) is 24.2. The van der Waals surface area contributed by atoms with Gasteiger partial charge in [-0.3, -0.25) is 13.7 Å². The van der Waals surface area contributed by atoms with Crippen molar-refractivity contribution in [2.24, 2.45) is 13.0 Å². The highest BCUT2D eigenvalue weighted by atomic mass is 32.2. The maximum atomic E-state index is 14.4. The first-order valence-electron chi connectivity index (χ1n) is 14.0. The number of carbonyl (C=O) groups is 1. The molecule has 4 heterocycles. The minimum Gasteiger partial charge on any atom is -0.358 e. The van der Waals surface area contributed by atoms with Gasteiger partial charge in [0.25, 0.3) is 6.43 Å². The number of sulfonamides is 1. The van der Waals surface area contributed by atoms with E-state index in [2.05, 4.69) is 25.6 Å². The van der Waals surface area contributed by atoms with E-state index in [9.17, 15) is 26.4 Å². The lowest BCUT2D eigenvalue weighted by Gasteiger charge is -2.25. The summed E-state index contributed by atoms with van der Waals surface area (Å²) in [5.74, 6) is -1.97. The quantitative estimate of drug-likeness (QED) is 0.266. The minimum atomic E-state index is -3.74. The van der Waals surface area contributed by atoms with Crippen molar-refractivity contribution >= 4 is 50.0 Å². The van der Waals surface area contributed by atoms with Gasteiger partial charge in [0.1, 0.15) is 23.7 Å². The summed E-state index contributed by atoms with van der Waals surface area (Å²) in [6.45, 7) is 0.373. The van der Waals surface area contributed by atoms with Gasteiger partial charge in [0.15, 0.2) is 11.5 Å². The Kier molecular flexibility index (Phi) is 7.73. The predicted octanol–water partition coefficient (Wildman–Crippen LogP) is 4.90. The number of alkyl halides is 3. The summed E-state index contributed by atoms with van der Waals surface area (Å²) in [6, 6.07) is 6.48. The van der Waals surface area contributed by atoms with Crippen LogP contribution in [0.1, 0.15) is 44.2 Å². The van der Waals surface area contributed by atoms with Crippen molar-refractivity contribution in [3.8, 4) is 11.3 Å². The number of benzene rings is 1. The van der Waals surface area contributed by atoms with Crippen LogP contribution in [0.4, 0.5) is 36.1 Å². The van der Waals surface area contributed by atoms with Crippen LogP contribution in [0.2, 0.25) is 0 Å². The van der Waals surface area contributed by atoms with Crippen molar-refractivity contribution in [3.63, 3.8) is 0 Å². The Morgan fingerprint density at radius 1 is 1.18 bits per heavy atom. The fourth-order valence-corrected chi connectivity index (χ4v) is 5.78. The first-order chi connectivity index (χ1) is 20.9. The topological polar surface area (TPSA) is 136 Å². The number of halogens is 3. The van der Waals surface area contributed by atoms with E-state index in [0.29, 0.717) is 24.3 Å². The molecule has 3 atom stereocenters. The van der Waals surface area contributed by atoms with Crippen LogP contribution >= 0.6 is 0 Å². The molecule has 12 nitrogen and oxygen atoms in total. The maximum absolute atomic E-state index is 14.4. The summed E-state index contributed by atoms with van der Waals surface area (Å²) in [6.07, 6.45) is 1.41. The van der Waals surface area contributed by atoms with E-state index in [1.54, 1.807) is 42.3 Å². The van der Waals surface area contributed by atoms with Crippen LogP contribution in [-0.2, 0) is 26.6 Å². The number of nitrogens with zero attached hydrogens (tertiary/aromatic N) is 6. The summed E-state index contributed by atoms with van der Waals surface area (Å²) in [7, 11) is -0.543. The van der Waals surface area contributed by atoms with Gasteiger partial charge >= 0.3 is 0 Å². The average Bonchev–Trinajstić information content (AvgIpc) is 3.37. The van der Waals surface area contributed by atoms with Gasteiger partial charge in [-0.1, -0.05) is 6.07 Å². The molecule has 1 aromatic carbocycles. The van der Waals surface area contributed by atoms with Crippen LogP contribution < -0.4 is 14.9 Å². The first kappa shape index (κ1) is 29.9. The molecule has 4 aromatic rings. The number of amides is 1. The van der Waals surface area contributed by atoms with Crippen LogP contribution in [0.3, 0.4) is 0 Å². The Bertz CT molecular complexity index is 1840. The number of rotatable bonds is 9. The molecule has 6 rings (SSSR count).